The summed E-state index contributed by atoms with van der Waals surface area (Å²) in [7, 11) is 0. The molecule has 5 nitrogen and oxygen atoms in total. The fourth-order valence-corrected chi connectivity index (χ4v) is 4.10. The Balaban J connectivity index is 1.66. The molecule has 4 heterocycles. The van der Waals surface area contributed by atoms with Crippen LogP contribution in [0, 0.1) is 13.8 Å². The molecule has 1 aliphatic rings. The number of aryl methyl sites for hydroxylation is 2. The molecule has 0 radical (unpaired) electrons. The highest BCUT2D eigenvalue weighted by Gasteiger charge is 2.28. The van der Waals surface area contributed by atoms with Gasteiger partial charge in [0.25, 0.3) is 0 Å². The Labute approximate surface area is 133 Å². The van der Waals surface area contributed by atoms with E-state index in [1.807, 2.05) is 0 Å². The lowest BCUT2D eigenvalue weighted by atomic mass is 10.2. The zero-order valence-corrected chi connectivity index (χ0v) is 13.7. The molecule has 3 aromatic heterocycles. The Morgan fingerprint density at radius 2 is 2.23 bits per heavy atom. The van der Waals surface area contributed by atoms with Crippen molar-refractivity contribution in [1.29, 1.82) is 0 Å². The molecule has 4 rings (SSSR count). The summed E-state index contributed by atoms with van der Waals surface area (Å²) in [5, 5.41) is 7.88. The molecular weight excluding hydrogens is 294 g/mol. The Morgan fingerprint density at radius 3 is 3.05 bits per heavy atom. The van der Waals surface area contributed by atoms with Gasteiger partial charge in [0.1, 0.15) is 17.0 Å². The minimum Gasteiger partial charge on any atom is -0.351 e. The van der Waals surface area contributed by atoms with Gasteiger partial charge in [-0.15, -0.1) is 11.3 Å². The summed E-state index contributed by atoms with van der Waals surface area (Å²) < 4.78 is 2.13. The fourth-order valence-electron chi connectivity index (χ4n) is 3.37. The highest BCUT2D eigenvalue weighted by molar-refractivity contribution is 7.16. The van der Waals surface area contributed by atoms with Gasteiger partial charge in [-0.3, -0.25) is 4.68 Å². The van der Waals surface area contributed by atoms with Crippen LogP contribution in [0.2, 0.25) is 0 Å². The van der Waals surface area contributed by atoms with Crippen LogP contribution in [0.15, 0.2) is 23.8 Å². The lowest BCUT2D eigenvalue weighted by molar-refractivity contribution is 0.497. The van der Waals surface area contributed by atoms with E-state index in [1.54, 1.807) is 17.7 Å². The molecule has 0 N–H and O–H groups in total. The second-order valence-corrected chi connectivity index (χ2v) is 6.83. The summed E-state index contributed by atoms with van der Waals surface area (Å²) in [4.78, 5) is 12.4. The Bertz CT molecular complexity index is 806. The average molecular weight is 313 g/mol. The van der Waals surface area contributed by atoms with Gasteiger partial charge in [0.05, 0.1) is 23.7 Å². The predicted octanol–water partition coefficient (Wildman–Crippen LogP) is 3.17. The molecule has 3 aromatic rings. The van der Waals surface area contributed by atoms with Crippen molar-refractivity contribution >= 4 is 27.4 Å². The lowest BCUT2D eigenvalue weighted by Gasteiger charge is -2.26. The van der Waals surface area contributed by atoms with Gasteiger partial charge in [-0.2, -0.15) is 5.10 Å². The molecule has 0 spiro atoms. The summed E-state index contributed by atoms with van der Waals surface area (Å²) in [6, 6.07) is 4.73. The van der Waals surface area contributed by atoms with E-state index in [0.29, 0.717) is 6.04 Å². The normalized spacial score (nSPS) is 18.5. The monoisotopic (exact) mass is 313 g/mol. The van der Waals surface area contributed by atoms with E-state index in [1.165, 1.54) is 23.9 Å². The SMILES string of the molecule is Cc1cc(C)n(CC2CCCN2c2ncnc3sccc23)n1. The molecule has 1 aliphatic heterocycles. The van der Waals surface area contributed by atoms with Crippen molar-refractivity contribution in [1.82, 2.24) is 19.7 Å². The third kappa shape index (κ3) is 2.27. The summed E-state index contributed by atoms with van der Waals surface area (Å²) in [5.74, 6) is 1.08. The molecule has 1 saturated heterocycles. The number of thiophene rings is 1. The standard InChI is InChI=1S/C16H19N5S/c1-11-8-12(2)21(19-11)9-13-4-3-6-20(13)15-14-5-7-22-16(14)18-10-17-15/h5,7-8,10,13H,3-4,6,9H2,1-2H3. The molecule has 0 aliphatic carbocycles. The van der Waals surface area contributed by atoms with Gasteiger partial charge in [-0.25, -0.2) is 9.97 Å². The van der Waals surface area contributed by atoms with Crippen molar-refractivity contribution in [2.45, 2.75) is 39.3 Å². The molecule has 6 heteroatoms. The van der Waals surface area contributed by atoms with Crippen LogP contribution in [0.1, 0.15) is 24.2 Å². The maximum absolute atomic E-state index is 4.61. The van der Waals surface area contributed by atoms with Crippen LogP contribution in [0.4, 0.5) is 5.82 Å². The van der Waals surface area contributed by atoms with Crippen molar-refractivity contribution in [2.24, 2.45) is 0 Å². The number of hydrogen-bond acceptors (Lipinski definition) is 5. The molecule has 0 aromatic carbocycles. The molecule has 0 bridgehead atoms. The molecule has 22 heavy (non-hydrogen) atoms. The van der Waals surface area contributed by atoms with E-state index in [9.17, 15) is 0 Å². The van der Waals surface area contributed by atoms with Crippen LogP contribution in [-0.2, 0) is 6.54 Å². The first kappa shape index (κ1) is 13.7. The van der Waals surface area contributed by atoms with Gasteiger partial charge in [0.15, 0.2) is 0 Å². The topological polar surface area (TPSA) is 46.8 Å². The largest absolute Gasteiger partial charge is 0.351 e. The smallest absolute Gasteiger partial charge is 0.141 e. The quantitative estimate of drug-likeness (QED) is 0.745. The number of fused-ring (bicyclic) bond motifs is 1. The molecule has 0 saturated carbocycles. The third-order valence-electron chi connectivity index (χ3n) is 4.38. The van der Waals surface area contributed by atoms with Crippen LogP contribution in [0.25, 0.3) is 10.2 Å². The molecule has 0 amide bonds. The van der Waals surface area contributed by atoms with Crippen molar-refractivity contribution in [3.8, 4) is 0 Å². The van der Waals surface area contributed by atoms with E-state index in [0.717, 1.165) is 29.4 Å². The summed E-state index contributed by atoms with van der Waals surface area (Å²) in [6.07, 6.45) is 4.08. The molecule has 1 unspecified atom stereocenters. The molecule has 1 atom stereocenters. The Morgan fingerprint density at radius 1 is 1.32 bits per heavy atom. The average Bonchev–Trinajstić information content (AvgIpc) is 3.20. The van der Waals surface area contributed by atoms with Crippen LogP contribution in [0.5, 0.6) is 0 Å². The zero-order chi connectivity index (χ0) is 15.1. The van der Waals surface area contributed by atoms with Crippen molar-refractivity contribution in [2.75, 3.05) is 11.4 Å². The number of rotatable bonds is 3. The lowest BCUT2D eigenvalue weighted by Crippen LogP contribution is -2.34. The van der Waals surface area contributed by atoms with Gasteiger partial charge in [0.2, 0.25) is 0 Å². The summed E-state index contributed by atoms with van der Waals surface area (Å²) in [5.41, 5.74) is 2.32. The van der Waals surface area contributed by atoms with E-state index in [2.05, 4.69) is 56.0 Å². The van der Waals surface area contributed by atoms with Crippen molar-refractivity contribution < 1.29 is 0 Å². The first-order valence-electron chi connectivity index (χ1n) is 7.68. The van der Waals surface area contributed by atoms with Crippen LogP contribution >= 0.6 is 11.3 Å². The van der Waals surface area contributed by atoms with Gasteiger partial charge in [0, 0.05) is 12.2 Å². The Hall–Kier alpha value is -1.95. The second-order valence-electron chi connectivity index (χ2n) is 5.94. The number of anilines is 1. The first-order valence-corrected chi connectivity index (χ1v) is 8.56. The maximum Gasteiger partial charge on any atom is 0.141 e. The first-order chi connectivity index (χ1) is 10.7. The molecule has 114 valence electrons. The predicted molar refractivity (Wildman–Crippen MR) is 89.5 cm³/mol. The second kappa shape index (κ2) is 5.35. The minimum absolute atomic E-state index is 0.455. The number of nitrogens with zero attached hydrogens (tertiary/aromatic N) is 5. The van der Waals surface area contributed by atoms with Crippen LogP contribution < -0.4 is 4.90 Å². The van der Waals surface area contributed by atoms with E-state index < -0.39 is 0 Å². The fraction of sp³-hybridized carbons (Fsp3) is 0.438. The highest BCUT2D eigenvalue weighted by Crippen LogP contribution is 2.32. The van der Waals surface area contributed by atoms with E-state index >= 15 is 0 Å². The van der Waals surface area contributed by atoms with Crippen molar-refractivity contribution in [3.05, 3.63) is 35.2 Å². The van der Waals surface area contributed by atoms with E-state index in [-0.39, 0.29) is 0 Å². The number of aromatic nitrogens is 4. The maximum atomic E-state index is 4.61. The highest BCUT2D eigenvalue weighted by atomic mass is 32.1. The Kier molecular flexibility index (Phi) is 3.33. The number of hydrogen-bond donors (Lipinski definition) is 0. The zero-order valence-electron chi connectivity index (χ0n) is 12.9. The van der Waals surface area contributed by atoms with Gasteiger partial charge in [-0.05, 0) is 44.2 Å². The van der Waals surface area contributed by atoms with E-state index in [4.69, 9.17) is 0 Å². The van der Waals surface area contributed by atoms with Gasteiger partial charge >= 0.3 is 0 Å². The van der Waals surface area contributed by atoms with Crippen LogP contribution in [-0.4, -0.2) is 32.3 Å². The van der Waals surface area contributed by atoms with Crippen molar-refractivity contribution in [3.63, 3.8) is 0 Å². The third-order valence-corrected chi connectivity index (χ3v) is 5.20. The van der Waals surface area contributed by atoms with Gasteiger partial charge in [-0.1, -0.05) is 0 Å². The molecular formula is C16H19N5S. The van der Waals surface area contributed by atoms with Crippen LogP contribution in [0.3, 0.4) is 0 Å². The minimum atomic E-state index is 0.455. The van der Waals surface area contributed by atoms with Gasteiger partial charge < -0.3 is 4.90 Å². The summed E-state index contributed by atoms with van der Waals surface area (Å²) in [6.45, 7) is 6.16. The molecule has 1 fully saturated rings. The summed E-state index contributed by atoms with van der Waals surface area (Å²) >= 11 is 1.68.